The number of carbonyl (C=O) groups excluding carboxylic acids is 1. The molecular formula is C19H26N2O. The van der Waals surface area contributed by atoms with E-state index in [9.17, 15) is 4.79 Å². The second kappa shape index (κ2) is 5.09. The molecule has 2 saturated carbocycles. The lowest BCUT2D eigenvalue weighted by Gasteiger charge is -2.40. The van der Waals surface area contributed by atoms with Gasteiger partial charge < -0.3 is 10.6 Å². The van der Waals surface area contributed by atoms with Gasteiger partial charge in [-0.3, -0.25) is 4.79 Å². The molecule has 3 nitrogen and oxygen atoms in total. The van der Waals surface area contributed by atoms with Gasteiger partial charge in [0.2, 0.25) is 5.91 Å². The van der Waals surface area contributed by atoms with Crippen LogP contribution in [0.5, 0.6) is 0 Å². The van der Waals surface area contributed by atoms with E-state index >= 15 is 0 Å². The third-order valence-corrected chi connectivity index (χ3v) is 6.19. The normalized spacial score (nSPS) is 36.0. The summed E-state index contributed by atoms with van der Waals surface area (Å²) in [6.07, 6.45) is 6.44. The van der Waals surface area contributed by atoms with Crippen LogP contribution in [0.15, 0.2) is 30.3 Å². The van der Waals surface area contributed by atoms with Crippen molar-refractivity contribution in [3.05, 3.63) is 35.9 Å². The van der Waals surface area contributed by atoms with Crippen molar-refractivity contribution < 1.29 is 4.79 Å². The topological polar surface area (TPSA) is 46.3 Å². The van der Waals surface area contributed by atoms with Gasteiger partial charge in [-0.2, -0.15) is 0 Å². The van der Waals surface area contributed by atoms with Gasteiger partial charge >= 0.3 is 0 Å². The molecule has 2 saturated heterocycles. The summed E-state index contributed by atoms with van der Waals surface area (Å²) in [7, 11) is 0. The fraction of sp³-hybridized carbons (Fsp3) is 0.632. The molecule has 3 unspecified atom stereocenters. The van der Waals surface area contributed by atoms with E-state index in [-0.39, 0.29) is 5.91 Å². The van der Waals surface area contributed by atoms with Crippen LogP contribution in [0.3, 0.4) is 0 Å². The number of nitrogens with zero attached hydrogens (tertiary/aromatic N) is 1. The van der Waals surface area contributed by atoms with Crippen LogP contribution in [0.4, 0.5) is 0 Å². The lowest BCUT2D eigenvalue weighted by Crippen LogP contribution is -2.54. The quantitative estimate of drug-likeness (QED) is 0.912. The Morgan fingerprint density at radius 2 is 1.64 bits per heavy atom. The molecule has 5 rings (SSSR count). The van der Waals surface area contributed by atoms with Gasteiger partial charge in [0.1, 0.15) is 5.54 Å². The van der Waals surface area contributed by atoms with Crippen LogP contribution in [0.2, 0.25) is 0 Å². The Balaban J connectivity index is 1.62. The number of carbonyl (C=O) groups is 1. The van der Waals surface area contributed by atoms with Crippen molar-refractivity contribution in [2.75, 3.05) is 6.54 Å². The molecule has 1 aromatic carbocycles. The first kappa shape index (κ1) is 14.3. The minimum Gasteiger partial charge on any atom is -0.338 e. The van der Waals surface area contributed by atoms with Gasteiger partial charge in [-0.15, -0.1) is 0 Å². The molecule has 2 N–H and O–H groups in total. The predicted molar refractivity (Wildman–Crippen MR) is 87.0 cm³/mol. The summed E-state index contributed by atoms with van der Waals surface area (Å²) in [6, 6.07) is 10.3. The maximum atomic E-state index is 13.2. The molecule has 4 aliphatic rings. The van der Waals surface area contributed by atoms with E-state index in [1.807, 2.05) is 37.3 Å². The average molecular weight is 298 g/mol. The number of benzene rings is 1. The Kier molecular flexibility index (Phi) is 3.30. The van der Waals surface area contributed by atoms with Crippen LogP contribution in [0.25, 0.3) is 0 Å². The molecule has 22 heavy (non-hydrogen) atoms. The van der Waals surface area contributed by atoms with E-state index in [4.69, 9.17) is 5.73 Å². The minimum absolute atomic E-state index is 0.122. The Morgan fingerprint density at radius 3 is 2.27 bits per heavy atom. The minimum atomic E-state index is -0.914. The molecule has 2 heterocycles. The van der Waals surface area contributed by atoms with Crippen molar-refractivity contribution in [3.8, 4) is 0 Å². The monoisotopic (exact) mass is 298 g/mol. The highest BCUT2D eigenvalue weighted by atomic mass is 16.2. The first-order valence-electron chi connectivity index (χ1n) is 8.69. The second-order valence-corrected chi connectivity index (χ2v) is 7.96. The van der Waals surface area contributed by atoms with E-state index in [0.29, 0.717) is 12.0 Å². The van der Waals surface area contributed by atoms with Crippen LogP contribution in [-0.2, 0) is 10.3 Å². The number of rotatable bonds is 2. The largest absolute Gasteiger partial charge is 0.338 e. The Morgan fingerprint density at radius 1 is 1.05 bits per heavy atom. The van der Waals surface area contributed by atoms with Crippen molar-refractivity contribution in [2.24, 2.45) is 23.5 Å². The molecule has 0 radical (unpaired) electrons. The van der Waals surface area contributed by atoms with E-state index < -0.39 is 5.54 Å². The lowest BCUT2D eigenvalue weighted by atomic mass is 9.68. The number of hydrogen-bond donors (Lipinski definition) is 1. The number of nitrogens with two attached hydrogens (primary N) is 1. The molecule has 0 spiro atoms. The molecule has 0 aromatic heterocycles. The van der Waals surface area contributed by atoms with Gasteiger partial charge in [-0.25, -0.2) is 0 Å². The van der Waals surface area contributed by atoms with Gasteiger partial charge in [0, 0.05) is 12.6 Å². The van der Waals surface area contributed by atoms with E-state index in [1.54, 1.807) is 0 Å². The molecule has 2 aliphatic heterocycles. The fourth-order valence-corrected chi connectivity index (χ4v) is 5.24. The van der Waals surface area contributed by atoms with Crippen LogP contribution in [0.1, 0.15) is 44.6 Å². The zero-order valence-corrected chi connectivity index (χ0v) is 13.4. The maximum absolute atomic E-state index is 13.2. The molecule has 4 fully saturated rings. The molecule has 1 amide bonds. The van der Waals surface area contributed by atoms with Gasteiger partial charge in [0.05, 0.1) is 0 Å². The van der Waals surface area contributed by atoms with Crippen molar-refractivity contribution in [1.82, 2.24) is 4.90 Å². The SMILES string of the molecule is CC(N)(C(=O)N1CC2CC3CC(C2)CC1C3)c1ccccc1. The Bertz CT molecular complexity index is 554. The highest BCUT2D eigenvalue weighted by Crippen LogP contribution is 2.48. The van der Waals surface area contributed by atoms with Crippen molar-refractivity contribution >= 4 is 5.91 Å². The summed E-state index contributed by atoms with van der Waals surface area (Å²) in [5.74, 6) is 2.52. The Hall–Kier alpha value is -1.35. The van der Waals surface area contributed by atoms with Gasteiger partial charge in [-0.05, 0) is 62.3 Å². The number of fused-ring (bicyclic) bond motifs is 1. The molecule has 1 aromatic rings. The summed E-state index contributed by atoms with van der Waals surface area (Å²) < 4.78 is 0. The maximum Gasteiger partial charge on any atom is 0.247 e. The van der Waals surface area contributed by atoms with Crippen molar-refractivity contribution in [2.45, 2.75) is 50.6 Å². The van der Waals surface area contributed by atoms with Crippen LogP contribution >= 0.6 is 0 Å². The average Bonchev–Trinajstić information content (AvgIpc) is 2.71. The van der Waals surface area contributed by atoms with Gasteiger partial charge in [-0.1, -0.05) is 30.3 Å². The first-order valence-corrected chi connectivity index (χ1v) is 8.69. The Labute approximate surface area is 132 Å². The summed E-state index contributed by atoms with van der Waals surface area (Å²) in [5.41, 5.74) is 6.51. The summed E-state index contributed by atoms with van der Waals surface area (Å²) in [4.78, 5) is 15.4. The van der Waals surface area contributed by atoms with Gasteiger partial charge in [0.25, 0.3) is 0 Å². The smallest absolute Gasteiger partial charge is 0.247 e. The van der Waals surface area contributed by atoms with E-state index in [0.717, 1.165) is 23.9 Å². The van der Waals surface area contributed by atoms with E-state index in [1.165, 1.54) is 32.1 Å². The standard InChI is InChI=1S/C19H26N2O/c1-19(20,16-5-3-2-4-6-16)18(22)21-12-15-8-13-7-14(9-15)11-17(21)10-13/h2-6,13-15,17H,7-12,20H2,1H3. The predicted octanol–water partition coefficient (Wildman–Crippen LogP) is 2.90. The van der Waals surface area contributed by atoms with Crippen LogP contribution in [0, 0.1) is 17.8 Å². The molecule has 118 valence electrons. The fourth-order valence-electron chi connectivity index (χ4n) is 5.24. The van der Waals surface area contributed by atoms with Gasteiger partial charge in [0.15, 0.2) is 0 Å². The zero-order chi connectivity index (χ0) is 15.3. The summed E-state index contributed by atoms with van der Waals surface area (Å²) >= 11 is 0. The van der Waals surface area contributed by atoms with Crippen LogP contribution < -0.4 is 5.73 Å². The first-order chi connectivity index (χ1) is 10.5. The zero-order valence-electron chi connectivity index (χ0n) is 13.4. The molecule has 4 bridgehead atoms. The highest BCUT2D eigenvalue weighted by molar-refractivity contribution is 5.87. The van der Waals surface area contributed by atoms with Crippen molar-refractivity contribution in [1.29, 1.82) is 0 Å². The number of amides is 1. The lowest BCUT2D eigenvalue weighted by molar-refractivity contribution is -0.139. The summed E-state index contributed by atoms with van der Waals surface area (Å²) in [6.45, 7) is 2.80. The summed E-state index contributed by atoms with van der Waals surface area (Å²) in [5, 5.41) is 0. The third-order valence-electron chi connectivity index (χ3n) is 6.19. The third kappa shape index (κ3) is 2.26. The second-order valence-electron chi connectivity index (χ2n) is 7.96. The molecule has 2 aliphatic carbocycles. The van der Waals surface area contributed by atoms with Crippen molar-refractivity contribution in [3.63, 3.8) is 0 Å². The van der Waals surface area contributed by atoms with E-state index in [2.05, 4.69) is 4.90 Å². The molecular weight excluding hydrogens is 272 g/mol. The van der Waals surface area contributed by atoms with Crippen LogP contribution in [-0.4, -0.2) is 23.4 Å². The number of hydrogen-bond acceptors (Lipinski definition) is 2. The molecule has 3 atom stereocenters. The molecule has 3 heteroatoms. The highest BCUT2D eigenvalue weighted by Gasteiger charge is 2.46.